The normalized spacial score (nSPS) is 10.1. The molecule has 1 aromatic heterocycles. The van der Waals surface area contributed by atoms with Crippen LogP contribution < -0.4 is 5.73 Å². The van der Waals surface area contributed by atoms with E-state index in [2.05, 4.69) is 4.74 Å². The predicted molar refractivity (Wildman–Crippen MR) is 49.6 cm³/mol. The van der Waals surface area contributed by atoms with Gasteiger partial charge in [0.25, 0.3) is 0 Å². The van der Waals surface area contributed by atoms with Crippen LogP contribution in [0.3, 0.4) is 0 Å². The van der Waals surface area contributed by atoms with Crippen molar-refractivity contribution in [1.82, 2.24) is 4.57 Å². The van der Waals surface area contributed by atoms with Gasteiger partial charge in [0.2, 0.25) is 0 Å². The second kappa shape index (κ2) is 4.09. The lowest BCUT2D eigenvalue weighted by molar-refractivity contribution is 0.0588. The lowest BCUT2D eigenvalue weighted by atomic mass is 10.3. The molecule has 0 aliphatic carbocycles. The number of aromatic nitrogens is 1. The number of methoxy groups -OCH3 is 1. The van der Waals surface area contributed by atoms with E-state index in [-0.39, 0.29) is 5.97 Å². The second-order valence-corrected chi connectivity index (χ2v) is 2.88. The molecule has 0 unspecified atom stereocenters. The van der Waals surface area contributed by atoms with E-state index in [1.165, 1.54) is 7.11 Å². The number of carbonyl (C=O) groups is 1. The van der Waals surface area contributed by atoms with Gasteiger partial charge in [-0.1, -0.05) is 0 Å². The number of rotatable bonds is 3. The lowest BCUT2D eigenvalue weighted by Crippen LogP contribution is -2.15. The highest BCUT2D eigenvalue weighted by Crippen LogP contribution is 2.08. The molecular weight excluding hydrogens is 168 g/mol. The monoisotopic (exact) mass is 182 g/mol. The van der Waals surface area contributed by atoms with Gasteiger partial charge in [-0.25, -0.2) is 4.79 Å². The maximum absolute atomic E-state index is 11.2. The first-order valence-electron chi connectivity index (χ1n) is 4.14. The Morgan fingerprint density at radius 3 is 2.92 bits per heavy atom. The molecule has 72 valence electrons. The number of aryl methyl sites for hydroxylation is 1. The fourth-order valence-electron chi connectivity index (χ4n) is 1.26. The first-order valence-corrected chi connectivity index (χ1v) is 4.14. The smallest absolute Gasteiger partial charge is 0.354 e. The molecule has 1 rings (SSSR count). The van der Waals surface area contributed by atoms with Crippen molar-refractivity contribution in [3.05, 3.63) is 23.5 Å². The van der Waals surface area contributed by atoms with E-state index in [9.17, 15) is 4.79 Å². The first kappa shape index (κ1) is 9.80. The molecule has 0 fully saturated rings. The molecule has 0 saturated carbocycles. The zero-order valence-electron chi connectivity index (χ0n) is 7.91. The van der Waals surface area contributed by atoms with Crippen molar-refractivity contribution in [2.45, 2.75) is 13.5 Å². The molecule has 0 aliphatic heterocycles. The van der Waals surface area contributed by atoms with Crippen molar-refractivity contribution in [2.24, 2.45) is 5.73 Å². The third-order valence-corrected chi connectivity index (χ3v) is 1.80. The van der Waals surface area contributed by atoms with Gasteiger partial charge in [-0.3, -0.25) is 0 Å². The summed E-state index contributed by atoms with van der Waals surface area (Å²) in [6.45, 7) is 3.08. The summed E-state index contributed by atoms with van der Waals surface area (Å²) in [5.74, 6) is -0.318. The zero-order chi connectivity index (χ0) is 9.84. The summed E-state index contributed by atoms with van der Waals surface area (Å²) in [5, 5.41) is 0. The summed E-state index contributed by atoms with van der Waals surface area (Å²) in [6.07, 6.45) is 1.89. The molecule has 1 heterocycles. The predicted octanol–water partition coefficient (Wildman–Crippen LogP) is 0.542. The molecule has 0 atom stereocenters. The highest BCUT2D eigenvalue weighted by atomic mass is 16.5. The molecule has 4 heteroatoms. The van der Waals surface area contributed by atoms with Gasteiger partial charge in [-0.15, -0.1) is 0 Å². The van der Waals surface area contributed by atoms with Gasteiger partial charge in [0, 0.05) is 19.3 Å². The molecule has 0 aliphatic rings. The highest BCUT2D eigenvalue weighted by molar-refractivity contribution is 5.87. The van der Waals surface area contributed by atoms with Crippen molar-refractivity contribution in [3.63, 3.8) is 0 Å². The molecule has 0 saturated heterocycles. The summed E-state index contributed by atoms with van der Waals surface area (Å²) in [6, 6.07) is 1.79. The molecule has 1 aromatic rings. The summed E-state index contributed by atoms with van der Waals surface area (Å²) >= 11 is 0. The van der Waals surface area contributed by atoms with Crippen LogP contribution in [0.2, 0.25) is 0 Å². The Balaban J connectivity index is 2.96. The van der Waals surface area contributed by atoms with E-state index < -0.39 is 0 Å². The van der Waals surface area contributed by atoms with E-state index in [1.807, 2.05) is 13.1 Å². The van der Waals surface area contributed by atoms with Crippen LogP contribution in [0.25, 0.3) is 0 Å². The van der Waals surface area contributed by atoms with Crippen molar-refractivity contribution >= 4 is 5.97 Å². The van der Waals surface area contributed by atoms with Gasteiger partial charge in [0.05, 0.1) is 7.11 Å². The van der Waals surface area contributed by atoms with Gasteiger partial charge in [-0.2, -0.15) is 0 Å². The van der Waals surface area contributed by atoms with E-state index in [4.69, 9.17) is 5.73 Å². The van der Waals surface area contributed by atoms with Crippen LogP contribution in [0.1, 0.15) is 16.1 Å². The van der Waals surface area contributed by atoms with Gasteiger partial charge in [-0.05, 0) is 18.6 Å². The molecule has 2 N–H and O–H groups in total. The van der Waals surface area contributed by atoms with Crippen molar-refractivity contribution in [1.29, 1.82) is 0 Å². The average molecular weight is 182 g/mol. The van der Waals surface area contributed by atoms with Gasteiger partial charge in [0.1, 0.15) is 5.69 Å². The summed E-state index contributed by atoms with van der Waals surface area (Å²) < 4.78 is 6.44. The van der Waals surface area contributed by atoms with Crippen LogP contribution in [0.4, 0.5) is 0 Å². The Kier molecular flexibility index (Phi) is 3.08. The Morgan fingerprint density at radius 1 is 1.69 bits per heavy atom. The average Bonchev–Trinajstić information content (AvgIpc) is 2.46. The Labute approximate surface area is 77.3 Å². The fourth-order valence-corrected chi connectivity index (χ4v) is 1.26. The molecule has 0 spiro atoms. The summed E-state index contributed by atoms with van der Waals surface area (Å²) in [5.41, 5.74) is 7.00. The lowest BCUT2D eigenvalue weighted by Gasteiger charge is -2.04. The highest BCUT2D eigenvalue weighted by Gasteiger charge is 2.11. The number of hydrogen-bond donors (Lipinski definition) is 1. The maximum Gasteiger partial charge on any atom is 0.354 e. The number of ether oxygens (including phenoxy) is 1. The van der Waals surface area contributed by atoms with Gasteiger partial charge >= 0.3 is 5.97 Å². The van der Waals surface area contributed by atoms with Crippen molar-refractivity contribution in [3.8, 4) is 0 Å². The van der Waals surface area contributed by atoms with Crippen LogP contribution in [-0.4, -0.2) is 24.2 Å². The third kappa shape index (κ3) is 2.09. The third-order valence-electron chi connectivity index (χ3n) is 1.80. The quantitative estimate of drug-likeness (QED) is 0.694. The summed E-state index contributed by atoms with van der Waals surface area (Å²) in [7, 11) is 1.37. The molecule has 4 nitrogen and oxygen atoms in total. The minimum Gasteiger partial charge on any atom is -0.464 e. The molecule has 0 aromatic carbocycles. The Bertz CT molecular complexity index is 305. The number of nitrogens with zero attached hydrogens (tertiary/aromatic N) is 1. The molecule has 0 amide bonds. The number of hydrogen-bond acceptors (Lipinski definition) is 3. The minimum atomic E-state index is -0.318. The molecule has 0 bridgehead atoms. The first-order chi connectivity index (χ1) is 6.19. The van der Waals surface area contributed by atoms with Crippen LogP contribution in [0.5, 0.6) is 0 Å². The topological polar surface area (TPSA) is 57.2 Å². The number of nitrogens with two attached hydrogens (primary N) is 1. The van der Waals surface area contributed by atoms with Crippen LogP contribution >= 0.6 is 0 Å². The molecule has 0 radical (unpaired) electrons. The van der Waals surface area contributed by atoms with Gasteiger partial charge < -0.3 is 15.0 Å². The Hall–Kier alpha value is -1.29. The largest absolute Gasteiger partial charge is 0.464 e. The van der Waals surface area contributed by atoms with Crippen LogP contribution in [-0.2, 0) is 11.3 Å². The molecule has 13 heavy (non-hydrogen) atoms. The van der Waals surface area contributed by atoms with Crippen molar-refractivity contribution < 1.29 is 9.53 Å². The van der Waals surface area contributed by atoms with Crippen LogP contribution in [0.15, 0.2) is 12.3 Å². The Morgan fingerprint density at radius 2 is 2.38 bits per heavy atom. The van der Waals surface area contributed by atoms with E-state index in [0.29, 0.717) is 18.8 Å². The van der Waals surface area contributed by atoms with E-state index in [1.54, 1.807) is 10.6 Å². The standard InChI is InChI=1S/C9H14N2O2/c1-7-5-8(9(12)13-2)11(6-7)4-3-10/h5-6H,3-4,10H2,1-2H3. The minimum absolute atomic E-state index is 0.318. The van der Waals surface area contributed by atoms with E-state index >= 15 is 0 Å². The number of esters is 1. The maximum atomic E-state index is 11.2. The zero-order valence-corrected chi connectivity index (χ0v) is 7.91. The fraction of sp³-hybridized carbons (Fsp3) is 0.444. The van der Waals surface area contributed by atoms with Crippen molar-refractivity contribution in [2.75, 3.05) is 13.7 Å². The van der Waals surface area contributed by atoms with Crippen LogP contribution in [0, 0.1) is 6.92 Å². The van der Waals surface area contributed by atoms with E-state index in [0.717, 1.165) is 5.56 Å². The second-order valence-electron chi connectivity index (χ2n) is 2.88. The van der Waals surface area contributed by atoms with Gasteiger partial charge in [0.15, 0.2) is 0 Å². The molecular formula is C9H14N2O2. The SMILES string of the molecule is COC(=O)c1cc(C)cn1CCN. The summed E-state index contributed by atoms with van der Waals surface area (Å²) in [4.78, 5) is 11.2. The number of carbonyl (C=O) groups excluding carboxylic acids is 1.